The van der Waals surface area contributed by atoms with Crippen molar-refractivity contribution in [2.45, 2.75) is 83.7 Å². The average Bonchev–Trinajstić information content (AvgIpc) is 2.92. The molecular weight excluding hydrogens is 474 g/mol. The van der Waals surface area contributed by atoms with Crippen LogP contribution >= 0.6 is 0 Å². The van der Waals surface area contributed by atoms with Gasteiger partial charge in [0, 0.05) is 22.3 Å². The molecule has 0 saturated heterocycles. The minimum atomic E-state index is -3.13. The van der Waals surface area contributed by atoms with E-state index in [1.165, 1.54) is 12.1 Å². The number of fused-ring (bicyclic) bond motifs is 3. The highest BCUT2D eigenvalue weighted by atomic mass is 28.4. The molecule has 0 atom stereocenters. The van der Waals surface area contributed by atoms with Gasteiger partial charge in [-0.05, 0) is 59.5 Å². The van der Waals surface area contributed by atoms with Crippen molar-refractivity contribution in [2.75, 3.05) is 0 Å². The fourth-order valence-corrected chi connectivity index (χ4v) is 5.69. The Morgan fingerprint density at radius 2 is 1.00 bits per heavy atom. The standard InChI is InChI=1S/C29H40F2O2Si2/c1-19(32-34(9,10)27(3,4)5)21-13-15-23-24-16-14-22(18-26(24)29(30,31)25(23)17-21)20(2)33-35(11,12)28(6,7)8/h13-18H,1-2H2,3-12H3. The van der Waals surface area contributed by atoms with Crippen molar-refractivity contribution in [1.82, 2.24) is 0 Å². The first-order valence-electron chi connectivity index (χ1n) is 12.1. The molecule has 1 aliphatic rings. The van der Waals surface area contributed by atoms with E-state index in [0.717, 1.165) is 0 Å². The molecule has 35 heavy (non-hydrogen) atoms. The molecule has 0 aliphatic heterocycles. The average molecular weight is 515 g/mol. The van der Waals surface area contributed by atoms with Crippen molar-refractivity contribution in [3.05, 3.63) is 71.8 Å². The number of halogens is 2. The topological polar surface area (TPSA) is 18.5 Å². The van der Waals surface area contributed by atoms with Gasteiger partial charge in [0.25, 0.3) is 5.92 Å². The Hall–Kier alpha value is -2.19. The highest BCUT2D eigenvalue weighted by molar-refractivity contribution is 6.75. The van der Waals surface area contributed by atoms with Gasteiger partial charge < -0.3 is 8.85 Å². The van der Waals surface area contributed by atoms with Gasteiger partial charge >= 0.3 is 0 Å². The number of benzene rings is 2. The number of rotatable bonds is 6. The quantitative estimate of drug-likeness (QED) is 0.282. The summed E-state index contributed by atoms with van der Waals surface area (Å²) in [4.78, 5) is 0. The second-order valence-corrected chi connectivity index (χ2v) is 22.1. The lowest BCUT2D eigenvalue weighted by molar-refractivity contribution is 0.0479. The maximum Gasteiger partial charge on any atom is 0.299 e. The molecule has 0 N–H and O–H groups in total. The number of hydrogen-bond donors (Lipinski definition) is 0. The molecule has 6 heteroatoms. The first-order valence-corrected chi connectivity index (χ1v) is 17.9. The maximum absolute atomic E-state index is 15.7. The highest BCUT2D eigenvalue weighted by Gasteiger charge is 2.46. The Kier molecular flexibility index (Phi) is 6.61. The third-order valence-corrected chi connectivity index (χ3v) is 16.8. The molecule has 0 radical (unpaired) electrons. The van der Waals surface area contributed by atoms with E-state index in [0.29, 0.717) is 33.8 Å². The summed E-state index contributed by atoms with van der Waals surface area (Å²) >= 11 is 0. The summed E-state index contributed by atoms with van der Waals surface area (Å²) < 4.78 is 44.1. The van der Waals surface area contributed by atoms with Crippen molar-refractivity contribution in [3.8, 4) is 11.1 Å². The van der Waals surface area contributed by atoms with Crippen LogP contribution < -0.4 is 0 Å². The number of alkyl halides is 2. The maximum atomic E-state index is 15.7. The molecule has 0 spiro atoms. The fourth-order valence-electron chi connectivity index (χ4n) is 3.61. The highest BCUT2D eigenvalue weighted by Crippen LogP contribution is 2.52. The van der Waals surface area contributed by atoms with Gasteiger partial charge in [-0.15, -0.1) is 0 Å². The summed E-state index contributed by atoms with van der Waals surface area (Å²) in [6, 6.07) is 10.2. The summed E-state index contributed by atoms with van der Waals surface area (Å²) in [6.45, 7) is 29.5. The van der Waals surface area contributed by atoms with Crippen LogP contribution in [0.4, 0.5) is 8.78 Å². The molecule has 0 fully saturated rings. The van der Waals surface area contributed by atoms with Crippen LogP contribution in [0.15, 0.2) is 49.6 Å². The van der Waals surface area contributed by atoms with Crippen molar-refractivity contribution in [3.63, 3.8) is 0 Å². The predicted molar refractivity (Wildman–Crippen MR) is 150 cm³/mol. The summed E-state index contributed by atoms with van der Waals surface area (Å²) in [7, 11) is -4.27. The van der Waals surface area contributed by atoms with Gasteiger partial charge in [-0.25, -0.2) is 0 Å². The first-order chi connectivity index (χ1) is 15.7. The van der Waals surface area contributed by atoms with Crippen LogP contribution in [0.5, 0.6) is 0 Å². The van der Waals surface area contributed by atoms with Crippen LogP contribution in [0.25, 0.3) is 22.6 Å². The third-order valence-electron chi connectivity index (χ3n) is 8.02. The van der Waals surface area contributed by atoms with Gasteiger partial charge in [-0.1, -0.05) is 79.0 Å². The molecule has 0 bridgehead atoms. The van der Waals surface area contributed by atoms with Crippen LogP contribution in [-0.4, -0.2) is 16.6 Å². The van der Waals surface area contributed by atoms with Crippen molar-refractivity contribution < 1.29 is 17.6 Å². The first kappa shape index (κ1) is 27.4. The molecule has 3 rings (SSSR count). The number of hydrogen-bond acceptors (Lipinski definition) is 2. The second-order valence-electron chi connectivity index (χ2n) is 12.7. The van der Waals surface area contributed by atoms with Crippen LogP contribution in [-0.2, 0) is 14.8 Å². The van der Waals surface area contributed by atoms with E-state index in [9.17, 15) is 0 Å². The van der Waals surface area contributed by atoms with Crippen molar-refractivity contribution >= 4 is 28.2 Å². The molecule has 0 amide bonds. The van der Waals surface area contributed by atoms with Crippen LogP contribution in [0.3, 0.4) is 0 Å². The van der Waals surface area contributed by atoms with Gasteiger partial charge in [0.05, 0.1) is 0 Å². The van der Waals surface area contributed by atoms with E-state index in [-0.39, 0.29) is 21.2 Å². The van der Waals surface area contributed by atoms with Crippen LogP contribution in [0.2, 0.25) is 36.3 Å². The van der Waals surface area contributed by atoms with Gasteiger partial charge in [0.2, 0.25) is 16.6 Å². The Morgan fingerprint density at radius 1 is 0.686 bits per heavy atom. The SMILES string of the molecule is C=C(O[Si](C)(C)C(C)(C)C)c1ccc2c(c1)C(F)(F)c1cc(C(=C)O[Si](C)(C)C(C)(C)C)ccc1-2. The third kappa shape index (κ3) is 4.92. The smallest absolute Gasteiger partial charge is 0.299 e. The minimum Gasteiger partial charge on any atom is -0.543 e. The van der Waals surface area contributed by atoms with Gasteiger partial charge in [0.15, 0.2) is 0 Å². The lowest BCUT2D eigenvalue weighted by atomic mass is 10.0. The zero-order chi connectivity index (χ0) is 26.8. The summed E-state index contributed by atoms with van der Waals surface area (Å²) in [5, 5.41) is -0.0315. The largest absolute Gasteiger partial charge is 0.543 e. The van der Waals surface area contributed by atoms with Gasteiger partial charge in [-0.3, -0.25) is 0 Å². The molecule has 2 aromatic carbocycles. The van der Waals surface area contributed by atoms with Gasteiger partial charge in [0.1, 0.15) is 11.5 Å². The van der Waals surface area contributed by atoms with Crippen LogP contribution in [0.1, 0.15) is 63.8 Å². The van der Waals surface area contributed by atoms with Crippen molar-refractivity contribution in [1.29, 1.82) is 0 Å². The normalized spacial score (nSPS) is 15.3. The summed E-state index contributed by atoms with van der Waals surface area (Å²) in [5.74, 6) is -2.24. The van der Waals surface area contributed by atoms with E-state index in [1.807, 2.05) is 12.1 Å². The molecule has 2 aromatic rings. The Balaban J connectivity index is 1.94. The molecule has 1 aliphatic carbocycles. The Morgan fingerprint density at radius 3 is 1.29 bits per heavy atom. The zero-order valence-corrected chi connectivity index (χ0v) is 25.0. The molecule has 0 unspecified atom stereocenters. The molecule has 0 saturated carbocycles. The summed E-state index contributed by atoms with van der Waals surface area (Å²) in [6.07, 6.45) is 0. The van der Waals surface area contributed by atoms with E-state index >= 15 is 8.78 Å². The van der Waals surface area contributed by atoms with E-state index in [1.54, 1.807) is 12.1 Å². The molecule has 0 heterocycles. The van der Waals surface area contributed by atoms with Gasteiger partial charge in [-0.2, -0.15) is 8.78 Å². The van der Waals surface area contributed by atoms with E-state index in [2.05, 4.69) is 80.9 Å². The van der Waals surface area contributed by atoms with Crippen molar-refractivity contribution in [2.24, 2.45) is 0 Å². The lowest BCUT2D eigenvalue weighted by Crippen LogP contribution is -2.40. The fraction of sp³-hybridized carbons (Fsp3) is 0.448. The predicted octanol–water partition coefficient (Wildman–Crippen LogP) is 9.79. The molecule has 2 nitrogen and oxygen atoms in total. The Labute approximate surface area is 212 Å². The zero-order valence-electron chi connectivity index (χ0n) is 23.0. The van der Waals surface area contributed by atoms with E-state index in [4.69, 9.17) is 8.85 Å². The second kappa shape index (κ2) is 8.44. The molecule has 190 valence electrons. The summed E-state index contributed by atoms with van der Waals surface area (Å²) in [5.41, 5.74) is 2.22. The molecule has 0 aromatic heterocycles. The lowest BCUT2D eigenvalue weighted by Gasteiger charge is -2.37. The van der Waals surface area contributed by atoms with E-state index < -0.39 is 22.6 Å². The molecular formula is C29H40F2O2Si2. The Bertz CT molecular complexity index is 1090. The monoisotopic (exact) mass is 514 g/mol. The minimum absolute atomic E-state index is 0.0157. The van der Waals surface area contributed by atoms with Crippen LogP contribution in [0, 0.1) is 0 Å².